The molecule has 214 valence electrons. The number of benzene rings is 7. The van der Waals surface area contributed by atoms with Crippen LogP contribution < -0.4 is 0 Å². The molecule has 0 aliphatic heterocycles. The molecule has 7 aromatic carbocycles. The van der Waals surface area contributed by atoms with Crippen LogP contribution in [0, 0.1) is 20.8 Å². The van der Waals surface area contributed by atoms with Gasteiger partial charge < -0.3 is 0 Å². The number of nitrogens with zero attached hydrogens (tertiary/aromatic N) is 1. The molecule has 0 N–H and O–H groups in total. The predicted molar refractivity (Wildman–Crippen MR) is 193 cm³/mol. The Kier molecular flexibility index (Phi) is 6.54. The van der Waals surface area contributed by atoms with Crippen LogP contribution in [0.5, 0.6) is 0 Å². The summed E-state index contributed by atoms with van der Waals surface area (Å²) < 4.78 is 0. The molecular weight excluding hydrogens is 542 g/mol. The van der Waals surface area contributed by atoms with E-state index in [4.69, 9.17) is 0 Å². The van der Waals surface area contributed by atoms with Crippen LogP contribution in [-0.4, -0.2) is 4.98 Å². The van der Waals surface area contributed by atoms with Gasteiger partial charge in [-0.2, -0.15) is 0 Å². The minimum Gasteiger partial charge on any atom is -0.261 e. The third kappa shape index (κ3) is 4.51. The predicted octanol–water partition coefficient (Wildman–Crippen LogP) is 12.1. The number of rotatable bonds is 4. The highest BCUT2D eigenvalue weighted by atomic mass is 14.7. The maximum absolute atomic E-state index is 4.51. The summed E-state index contributed by atoms with van der Waals surface area (Å²) in [5.74, 6) is 0. The van der Waals surface area contributed by atoms with Crippen molar-refractivity contribution in [1.29, 1.82) is 0 Å². The Balaban J connectivity index is 1.39. The van der Waals surface area contributed by atoms with E-state index in [1.807, 2.05) is 13.1 Å². The van der Waals surface area contributed by atoms with Crippen LogP contribution >= 0.6 is 0 Å². The van der Waals surface area contributed by atoms with E-state index in [0.717, 1.165) is 11.3 Å². The van der Waals surface area contributed by atoms with E-state index in [9.17, 15) is 0 Å². The van der Waals surface area contributed by atoms with Crippen LogP contribution in [0.1, 0.15) is 16.8 Å². The van der Waals surface area contributed by atoms with Gasteiger partial charge in [-0.05, 0) is 109 Å². The fourth-order valence-corrected chi connectivity index (χ4v) is 7.17. The van der Waals surface area contributed by atoms with Gasteiger partial charge in [0.2, 0.25) is 0 Å². The van der Waals surface area contributed by atoms with E-state index >= 15 is 0 Å². The molecule has 1 heteroatoms. The third-order valence-electron chi connectivity index (χ3n) is 9.29. The molecule has 0 spiro atoms. The quantitative estimate of drug-likeness (QED) is 0.190. The lowest BCUT2D eigenvalue weighted by Gasteiger charge is -2.20. The lowest BCUT2D eigenvalue weighted by atomic mass is 9.83. The molecule has 0 radical (unpaired) electrons. The topological polar surface area (TPSA) is 12.9 Å². The van der Waals surface area contributed by atoms with Crippen molar-refractivity contribution in [1.82, 2.24) is 4.98 Å². The number of pyridine rings is 1. The Morgan fingerprint density at radius 2 is 0.778 bits per heavy atom. The Morgan fingerprint density at radius 3 is 1.29 bits per heavy atom. The second kappa shape index (κ2) is 10.9. The zero-order valence-electron chi connectivity index (χ0n) is 25.8. The largest absolute Gasteiger partial charge is 0.261 e. The van der Waals surface area contributed by atoms with Crippen molar-refractivity contribution >= 4 is 32.3 Å². The maximum atomic E-state index is 4.51. The Morgan fingerprint density at radius 1 is 0.333 bits per heavy atom. The molecule has 1 heterocycles. The highest BCUT2D eigenvalue weighted by molar-refractivity contribution is 6.24. The van der Waals surface area contributed by atoms with Crippen LogP contribution in [0.3, 0.4) is 0 Å². The highest BCUT2D eigenvalue weighted by Gasteiger charge is 2.19. The average molecular weight is 576 g/mol. The number of hydrogen-bond acceptors (Lipinski definition) is 1. The van der Waals surface area contributed by atoms with Crippen LogP contribution in [-0.2, 0) is 0 Å². The molecule has 0 saturated heterocycles. The van der Waals surface area contributed by atoms with E-state index < -0.39 is 0 Å². The maximum Gasteiger partial charge on any atom is 0.0373 e. The molecule has 0 aliphatic rings. The molecule has 0 aliphatic carbocycles. The summed E-state index contributed by atoms with van der Waals surface area (Å²) in [4.78, 5) is 4.51. The normalized spacial score (nSPS) is 11.4. The molecule has 0 fully saturated rings. The summed E-state index contributed by atoms with van der Waals surface area (Å²) in [6.07, 6.45) is 1.96. The van der Waals surface area contributed by atoms with Crippen LogP contribution in [0.15, 0.2) is 146 Å². The summed E-state index contributed by atoms with van der Waals surface area (Å²) in [7, 11) is 0. The molecule has 8 rings (SSSR count). The van der Waals surface area contributed by atoms with Gasteiger partial charge in [-0.3, -0.25) is 4.98 Å². The van der Waals surface area contributed by atoms with Gasteiger partial charge in [-0.25, -0.2) is 0 Å². The SMILES string of the molecule is Cc1ccc(-c2ccc(-c3c4ccccc4c(-c4ccc(-c5c(C)cccc5C)c5ccccc45)c4ccccc34)cc2)cn1. The van der Waals surface area contributed by atoms with Crippen LogP contribution in [0.25, 0.3) is 76.8 Å². The van der Waals surface area contributed by atoms with Crippen molar-refractivity contribution in [2.45, 2.75) is 20.8 Å². The summed E-state index contributed by atoms with van der Waals surface area (Å²) in [6, 6.07) is 51.2. The van der Waals surface area contributed by atoms with Crippen molar-refractivity contribution in [2.24, 2.45) is 0 Å². The summed E-state index contributed by atoms with van der Waals surface area (Å²) in [6.45, 7) is 6.46. The first-order valence-electron chi connectivity index (χ1n) is 15.6. The fraction of sp³-hybridized carbons (Fsp3) is 0.0682. The van der Waals surface area contributed by atoms with Gasteiger partial charge in [-0.1, -0.05) is 133 Å². The fourth-order valence-electron chi connectivity index (χ4n) is 7.17. The molecular formula is C44H33N. The smallest absolute Gasteiger partial charge is 0.0373 e. The van der Waals surface area contributed by atoms with Crippen LogP contribution in [0.4, 0.5) is 0 Å². The number of aryl methyl sites for hydroxylation is 3. The molecule has 0 bridgehead atoms. The molecule has 0 saturated carbocycles. The minimum absolute atomic E-state index is 1.03. The van der Waals surface area contributed by atoms with E-state index in [-0.39, 0.29) is 0 Å². The van der Waals surface area contributed by atoms with Gasteiger partial charge in [0.15, 0.2) is 0 Å². The van der Waals surface area contributed by atoms with Gasteiger partial charge in [0.05, 0.1) is 0 Å². The molecule has 45 heavy (non-hydrogen) atoms. The third-order valence-corrected chi connectivity index (χ3v) is 9.29. The van der Waals surface area contributed by atoms with E-state index in [1.165, 1.54) is 82.4 Å². The van der Waals surface area contributed by atoms with Crippen molar-refractivity contribution < 1.29 is 0 Å². The standard InChI is InChI=1S/C44H33N/c1-28-11-10-12-29(2)42(28)40-25-26-41(35-14-5-4-13-34(35)40)44-38-17-8-6-15-36(38)43(37-16-7-9-18-39(37)44)32-23-21-31(22-24-32)33-20-19-30(3)45-27-33/h4-27H,1-3H3. The van der Waals surface area contributed by atoms with E-state index in [2.05, 4.69) is 158 Å². The zero-order valence-corrected chi connectivity index (χ0v) is 25.8. The number of fused-ring (bicyclic) bond motifs is 3. The second-order valence-electron chi connectivity index (χ2n) is 12.1. The summed E-state index contributed by atoms with van der Waals surface area (Å²) in [5.41, 5.74) is 13.6. The van der Waals surface area contributed by atoms with E-state index in [0.29, 0.717) is 0 Å². The minimum atomic E-state index is 1.03. The molecule has 1 aromatic heterocycles. The molecule has 1 nitrogen and oxygen atoms in total. The first kappa shape index (κ1) is 27.0. The first-order chi connectivity index (χ1) is 22.1. The second-order valence-corrected chi connectivity index (χ2v) is 12.1. The molecule has 0 atom stereocenters. The summed E-state index contributed by atoms with van der Waals surface area (Å²) >= 11 is 0. The molecule has 0 unspecified atom stereocenters. The highest BCUT2D eigenvalue weighted by Crippen LogP contribution is 2.47. The van der Waals surface area contributed by atoms with Gasteiger partial charge in [-0.15, -0.1) is 0 Å². The van der Waals surface area contributed by atoms with E-state index in [1.54, 1.807) is 0 Å². The van der Waals surface area contributed by atoms with Crippen LogP contribution in [0.2, 0.25) is 0 Å². The van der Waals surface area contributed by atoms with Gasteiger partial charge in [0.25, 0.3) is 0 Å². The van der Waals surface area contributed by atoms with Gasteiger partial charge >= 0.3 is 0 Å². The Bertz CT molecular complexity index is 2300. The zero-order chi connectivity index (χ0) is 30.5. The average Bonchev–Trinajstić information content (AvgIpc) is 3.08. The lowest BCUT2D eigenvalue weighted by Crippen LogP contribution is -1.94. The van der Waals surface area contributed by atoms with Crippen molar-refractivity contribution in [3.8, 4) is 44.5 Å². The van der Waals surface area contributed by atoms with Crippen molar-refractivity contribution in [2.75, 3.05) is 0 Å². The van der Waals surface area contributed by atoms with Crippen molar-refractivity contribution in [3.63, 3.8) is 0 Å². The van der Waals surface area contributed by atoms with Gasteiger partial charge in [0.1, 0.15) is 0 Å². The monoisotopic (exact) mass is 575 g/mol. The first-order valence-corrected chi connectivity index (χ1v) is 15.6. The van der Waals surface area contributed by atoms with Crippen molar-refractivity contribution in [3.05, 3.63) is 163 Å². The molecule has 8 aromatic rings. The Labute approximate surface area is 264 Å². The number of aromatic nitrogens is 1. The van der Waals surface area contributed by atoms with Gasteiger partial charge in [0, 0.05) is 17.5 Å². The lowest BCUT2D eigenvalue weighted by molar-refractivity contribution is 1.20. The Hall–Kier alpha value is -5.53. The number of hydrogen-bond donors (Lipinski definition) is 0. The molecule has 0 amide bonds. The summed E-state index contributed by atoms with van der Waals surface area (Å²) in [5, 5.41) is 7.62.